The topological polar surface area (TPSA) is 41.6 Å². The molecule has 0 saturated heterocycles. The monoisotopic (exact) mass is 146 g/mol. The number of rotatable bonds is 0. The molecule has 0 bridgehead atoms. The van der Waals surface area contributed by atoms with Gasteiger partial charge in [-0.1, -0.05) is 0 Å². The summed E-state index contributed by atoms with van der Waals surface area (Å²) in [6.07, 6.45) is 2.85. The van der Waals surface area contributed by atoms with Crippen molar-refractivity contribution in [3.63, 3.8) is 0 Å². The highest BCUT2D eigenvalue weighted by Gasteiger charge is 2.00. The van der Waals surface area contributed by atoms with Crippen LogP contribution in [0.15, 0.2) is 6.07 Å². The van der Waals surface area contributed by atoms with Gasteiger partial charge in [0.05, 0.1) is 5.39 Å². The highest BCUT2D eigenvalue weighted by Crippen LogP contribution is 2.13. The first-order valence-electron chi connectivity index (χ1n) is 3.47. The van der Waals surface area contributed by atoms with E-state index in [2.05, 4.69) is 21.4 Å². The third-order valence-electron chi connectivity index (χ3n) is 1.67. The zero-order valence-electron chi connectivity index (χ0n) is 6.47. The van der Waals surface area contributed by atoms with Gasteiger partial charge in [-0.05, 0) is 25.5 Å². The summed E-state index contributed by atoms with van der Waals surface area (Å²) in [7, 11) is 0. The van der Waals surface area contributed by atoms with Gasteiger partial charge in [0, 0.05) is 5.69 Å². The standard InChI is InChI=1S/C8H8N3/c1-5-3-6(2)10-8-7(5)4-9-11-8/h3H,1-2H3,(H,9,10,11). The van der Waals surface area contributed by atoms with Crippen molar-refractivity contribution in [1.29, 1.82) is 0 Å². The minimum absolute atomic E-state index is 0.822. The van der Waals surface area contributed by atoms with E-state index >= 15 is 0 Å². The summed E-state index contributed by atoms with van der Waals surface area (Å²) in [5, 5.41) is 7.56. The predicted molar refractivity (Wildman–Crippen MR) is 42.2 cm³/mol. The lowest BCUT2D eigenvalue weighted by atomic mass is 10.2. The maximum atomic E-state index is 4.25. The van der Waals surface area contributed by atoms with Crippen LogP contribution in [0.3, 0.4) is 0 Å². The molecule has 0 aliphatic heterocycles. The van der Waals surface area contributed by atoms with Gasteiger partial charge in [-0.15, -0.1) is 0 Å². The van der Waals surface area contributed by atoms with E-state index in [1.807, 2.05) is 19.9 Å². The molecule has 0 spiro atoms. The minimum atomic E-state index is 0.822. The maximum absolute atomic E-state index is 4.25. The summed E-state index contributed by atoms with van der Waals surface area (Å²) >= 11 is 0. The molecule has 2 rings (SSSR count). The van der Waals surface area contributed by atoms with Crippen LogP contribution in [-0.2, 0) is 0 Å². The molecule has 0 amide bonds. The molecule has 2 heterocycles. The minimum Gasteiger partial charge on any atom is -0.260 e. The second-order valence-corrected chi connectivity index (χ2v) is 2.64. The van der Waals surface area contributed by atoms with Gasteiger partial charge in [-0.2, -0.15) is 5.10 Å². The summed E-state index contributed by atoms with van der Waals surface area (Å²) in [6, 6.07) is 2.02. The Bertz CT molecular complexity index is 389. The number of fused-ring (bicyclic) bond motifs is 1. The normalized spacial score (nSPS) is 10.7. The van der Waals surface area contributed by atoms with E-state index in [-0.39, 0.29) is 0 Å². The predicted octanol–water partition coefficient (Wildman–Crippen LogP) is 1.37. The molecule has 0 aliphatic rings. The van der Waals surface area contributed by atoms with Crippen molar-refractivity contribution in [2.24, 2.45) is 0 Å². The van der Waals surface area contributed by atoms with Crippen molar-refractivity contribution in [1.82, 2.24) is 15.2 Å². The van der Waals surface area contributed by atoms with Crippen LogP contribution in [0.4, 0.5) is 0 Å². The molecule has 1 N–H and O–H groups in total. The van der Waals surface area contributed by atoms with E-state index in [0.29, 0.717) is 0 Å². The molecular weight excluding hydrogens is 138 g/mol. The Hall–Kier alpha value is -1.38. The average molecular weight is 146 g/mol. The van der Waals surface area contributed by atoms with Crippen LogP contribution >= 0.6 is 0 Å². The molecule has 3 nitrogen and oxygen atoms in total. The second-order valence-electron chi connectivity index (χ2n) is 2.64. The Labute approximate surface area is 64.5 Å². The first kappa shape index (κ1) is 6.34. The van der Waals surface area contributed by atoms with Crippen LogP contribution in [0, 0.1) is 20.0 Å². The number of H-pyrrole nitrogens is 1. The Morgan fingerprint density at radius 3 is 3.09 bits per heavy atom. The molecule has 3 heteroatoms. The molecule has 0 atom stereocenters. The fraction of sp³-hybridized carbons (Fsp3) is 0.250. The zero-order valence-corrected chi connectivity index (χ0v) is 6.47. The molecule has 0 unspecified atom stereocenters. The third kappa shape index (κ3) is 0.888. The number of pyridine rings is 1. The zero-order chi connectivity index (χ0) is 7.84. The Morgan fingerprint density at radius 1 is 1.45 bits per heavy atom. The van der Waals surface area contributed by atoms with E-state index in [4.69, 9.17) is 0 Å². The van der Waals surface area contributed by atoms with Gasteiger partial charge in [0.1, 0.15) is 6.20 Å². The Balaban J connectivity index is 2.91. The van der Waals surface area contributed by atoms with Crippen molar-refractivity contribution in [3.8, 4) is 0 Å². The quantitative estimate of drug-likeness (QED) is 0.610. The third-order valence-corrected chi connectivity index (χ3v) is 1.67. The average Bonchev–Trinajstić information content (AvgIpc) is 2.34. The van der Waals surface area contributed by atoms with Gasteiger partial charge in [0.2, 0.25) is 0 Å². The van der Waals surface area contributed by atoms with Gasteiger partial charge in [0.15, 0.2) is 5.65 Å². The molecule has 0 fully saturated rings. The number of aromatic amines is 1. The van der Waals surface area contributed by atoms with E-state index in [1.165, 1.54) is 5.56 Å². The fourth-order valence-electron chi connectivity index (χ4n) is 1.20. The molecule has 0 aliphatic carbocycles. The summed E-state index contributed by atoms with van der Waals surface area (Å²) in [6.45, 7) is 4.00. The number of nitrogens with zero attached hydrogens (tertiary/aromatic N) is 2. The van der Waals surface area contributed by atoms with Crippen LogP contribution in [0.5, 0.6) is 0 Å². The number of hydrogen-bond acceptors (Lipinski definition) is 2. The van der Waals surface area contributed by atoms with E-state index in [0.717, 1.165) is 16.7 Å². The second kappa shape index (κ2) is 2.05. The first-order valence-corrected chi connectivity index (χ1v) is 3.47. The highest BCUT2D eigenvalue weighted by molar-refractivity contribution is 5.77. The summed E-state index contributed by atoms with van der Waals surface area (Å²) in [5.74, 6) is 0. The Morgan fingerprint density at radius 2 is 2.27 bits per heavy atom. The van der Waals surface area contributed by atoms with Gasteiger partial charge < -0.3 is 0 Å². The van der Waals surface area contributed by atoms with Crippen molar-refractivity contribution < 1.29 is 0 Å². The molecule has 55 valence electrons. The SMILES string of the molecule is Cc1cc(C)c2[c]n[nH]c2n1. The van der Waals surface area contributed by atoms with Crippen LogP contribution in [0.25, 0.3) is 11.0 Å². The van der Waals surface area contributed by atoms with Crippen molar-refractivity contribution in [3.05, 3.63) is 23.5 Å². The van der Waals surface area contributed by atoms with Crippen LogP contribution in [0.2, 0.25) is 0 Å². The van der Waals surface area contributed by atoms with Crippen LogP contribution in [0.1, 0.15) is 11.3 Å². The molecule has 1 radical (unpaired) electrons. The lowest BCUT2D eigenvalue weighted by Crippen LogP contribution is -1.84. The van der Waals surface area contributed by atoms with Crippen molar-refractivity contribution >= 4 is 11.0 Å². The Kier molecular flexibility index (Phi) is 1.18. The highest BCUT2D eigenvalue weighted by atomic mass is 15.1. The van der Waals surface area contributed by atoms with Gasteiger partial charge >= 0.3 is 0 Å². The first-order chi connectivity index (χ1) is 5.27. The summed E-state index contributed by atoms with van der Waals surface area (Å²) in [4.78, 5) is 4.25. The molecule has 2 aromatic heterocycles. The van der Waals surface area contributed by atoms with E-state index in [1.54, 1.807) is 0 Å². The van der Waals surface area contributed by atoms with E-state index in [9.17, 15) is 0 Å². The number of nitrogens with one attached hydrogen (secondary N) is 1. The molecule has 2 aromatic rings. The van der Waals surface area contributed by atoms with Crippen LogP contribution in [-0.4, -0.2) is 15.2 Å². The molecular formula is C8H8N3. The van der Waals surface area contributed by atoms with Crippen molar-refractivity contribution in [2.45, 2.75) is 13.8 Å². The van der Waals surface area contributed by atoms with Crippen molar-refractivity contribution in [2.75, 3.05) is 0 Å². The van der Waals surface area contributed by atoms with Gasteiger partial charge in [-0.3, -0.25) is 5.10 Å². The van der Waals surface area contributed by atoms with Gasteiger partial charge in [0.25, 0.3) is 0 Å². The molecule has 0 saturated carbocycles. The van der Waals surface area contributed by atoms with Crippen LogP contribution < -0.4 is 0 Å². The van der Waals surface area contributed by atoms with Gasteiger partial charge in [-0.25, -0.2) is 4.98 Å². The lowest BCUT2D eigenvalue weighted by Gasteiger charge is -1.95. The largest absolute Gasteiger partial charge is 0.260 e. The maximum Gasteiger partial charge on any atom is 0.156 e. The summed E-state index contributed by atoms with van der Waals surface area (Å²) < 4.78 is 0. The number of hydrogen-bond donors (Lipinski definition) is 1. The lowest BCUT2D eigenvalue weighted by molar-refractivity contribution is 1.08. The summed E-state index contributed by atoms with van der Waals surface area (Å²) in [5.41, 5.74) is 3.00. The molecule has 11 heavy (non-hydrogen) atoms. The smallest absolute Gasteiger partial charge is 0.156 e. The number of aryl methyl sites for hydroxylation is 2. The number of aromatic nitrogens is 3. The van der Waals surface area contributed by atoms with E-state index < -0.39 is 0 Å². The molecule has 0 aromatic carbocycles. The fourth-order valence-corrected chi connectivity index (χ4v) is 1.20.